The van der Waals surface area contributed by atoms with Crippen molar-refractivity contribution in [3.63, 3.8) is 0 Å². The first-order valence-corrected chi connectivity index (χ1v) is 13.7. The molecule has 1 unspecified atom stereocenters. The molecule has 46 heavy (non-hydrogen) atoms. The zero-order chi connectivity index (χ0) is 34.5. The van der Waals surface area contributed by atoms with Crippen LogP contribution in [-0.4, -0.2) is 78.1 Å². The van der Waals surface area contributed by atoms with Gasteiger partial charge in [0.2, 0.25) is 0 Å². The first kappa shape index (κ1) is 37.6. The molecule has 1 fully saturated rings. The minimum atomic E-state index is -5.08. The third-order valence-electron chi connectivity index (χ3n) is 6.32. The lowest BCUT2D eigenvalue weighted by Crippen LogP contribution is -2.48. The summed E-state index contributed by atoms with van der Waals surface area (Å²) in [7, 11) is 1.60. The van der Waals surface area contributed by atoms with E-state index in [1.807, 2.05) is 24.3 Å². The second-order valence-electron chi connectivity index (χ2n) is 10.0. The van der Waals surface area contributed by atoms with E-state index in [2.05, 4.69) is 58.9 Å². The van der Waals surface area contributed by atoms with Gasteiger partial charge in [-0.15, -0.1) is 0 Å². The lowest BCUT2D eigenvalue weighted by molar-refractivity contribution is -0.193. The molecule has 9 nitrogen and oxygen atoms in total. The number of ether oxygens (including phenoxy) is 1. The number of carboxylic acid groups (broad SMARTS) is 2. The highest BCUT2D eigenvalue weighted by molar-refractivity contribution is 5.94. The number of aliphatic carboxylic acids is 2. The molecule has 1 aliphatic heterocycles. The van der Waals surface area contributed by atoms with Gasteiger partial charge in [0.05, 0.1) is 7.11 Å². The maximum atomic E-state index is 12.5. The predicted molar refractivity (Wildman–Crippen MR) is 156 cm³/mol. The number of methoxy groups -OCH3 is 1. The van der Waals surface area contributed by atoms with Gasteiger partial charge in [0.1, 0.15) is 5.75 Å². The summed E-state index contributed by atoms with van der Waals surface area (Å²) in [6.07, 6.45) is -10.2. The Kier molecular flexibility index (Phi) is 14.0. The lowest BCUT2D eigenvalue weighted by Gasteiger charge is -2.31. The monoisotopic (exact) mass is 657 g/mol. The Morgan fingerprint density at radius 3 is 1.91 bits per heavy atom. The van der Waals surface area contributed by atoms with E-state index in [4.69, 9.17) is 24.5 Å². The van der Waals surface area contributed by atoms with Crippen LogP contribution in [0.25, 0.3) is 11.1 Å². The lowest BCUT2D eigenvalue weighted by atomic mass is 10.0. The molecule has 3 aromatic carbocycles. The summed E-state index contributed by atoms with van der Waals surface area (Å²) in [5.41, 5.74) is 5.35. The molecule has 0 bridgehead atoms. The van der Waals surface area contributed by atoms with Crippen LogP contribution in [0.2, 0.25) is 0 Å². The fourth-order valence-corrected chi connectivity index (χ4v) is 4.17. The molecular weight excluding hydrogens is 624 g/mol. The largest absolute Gasteiger partial charge is 0.497 e. The van der Waals surface area contributed by atoms with Crippen molar-refractivity contribution in [3.8, 4) is 16.9 Å². The third kappa shape index (κ3) is 13.2. The Labute approximate surface area is 260 Å². The van der Waals surface area contributed by atoms with Crippen LogP contribution in [0.15, 0.2) is 72.8 Å². The normalized spacial score (nSPS) is 14.9. The summed E-state index contributed by atoms with van der Waals surface area (Å²) in [5, 5.41) is 20.8. The van der Waals surface area contributed by atoms with Gasteiger partial charge in [-0.1, -0.05) is 42.5 Å². The molecule has 4 N–H and O–H groups in total. The number of piperazine rings is 1. The molecule has 0 spiro atoms. The van der Waals surface area contributed by atoms with Gasteiger partial charge in [0, 0.05) is 44.3 Å². The number of amides is 1. The average molecular weight is 658 g/mol. The maximum absolute atomic E-state index is 12.5. The quantitative estimate of drug-likeness (QED) is 0.251. The van der Waals surface area contributed by atoms with Crippen LogP contribution in [0.5, 0.6) is 5.75 Å². The highest BCUT2D eigenvalue weighted by Gasteiger charge is 2.38. The van der Waals surface area contributed by atoms with E-state index in [1.165, 1.54) is 11.1 Å². The maximum Gasteiger partial charge on any atom is 0.490 e. The smallest absolute Gasteiger partial charge is 0.490 e. The molecule has 1 heterocycles. The topological polar surface area (TPSA) is 128 Å². The van der Waals surface area contributed by atoms with Gasteiger partial charge < -0.3 is 25.6 Å². The first-order valence-electron chi connectivity index (χ1n) is 13.7. The van der Waals surface area contributed by atoms with Crippen LogP contribution in [-0.2, 0) is 22.7 Å². The molecule has 1 amide bonds. The summed E-state index contributed by atoms with van der Waals surface area (Å²) < 4.78 is 68.7. The number of carbonyl (C=O) groups excluding carboxylic acids is 1. The molecule has 15 heteroatoms. The Hall–Kier alpha value is -4.63. The van der Waals surface area contributed by atoms with Crippen LogP contribution in [0.4, 0.5) is 26.3 Å². The van der Waals surface area contributed by atoms with E-state index in [1.54, 1.807) is 19.2 Å². The number of halogens is 6. The summed E-state index contributed by atoms with van der Waals surface area (Å²) in [6, 6.07) is 24.9. The summed E-state index contributed by atoms with van der Waals surface area (Å²) in [4.78, 5) is 32.8. The number of rotatable bonds is 7. The molecule has 3 aromatic rings. The Balaban J connectivity index is 0.000000440. The number of nitrogens with zero attached hydrogens (tertiary/aromatic N) is 1. The van der Waals surface area contributed by atoms with Crippen LogP contribution in [0.1, 0.15) is 28.4 Å². The fourth-order valence-electron chi connectivity index (χ4n) is 4.17. The van der Waals surface area contributed by atoms with Gasteiger partial charge in [-0.3, -0.25) is 9.69 Å². The minimum absolute atomic E-state index is 0.110. The van der Waals surface area contributed by atoms with Gasteiger partial charge in [0.15, 0.2) is 0 Å². The van der Waals surface area contributed by atoms with Gasteiger partial charge in [-0.05, 0) is 59.5 Å². The Morgan fingerprint density at radius 1 is 0.870 bits per heavy atom. The third-order valence-corrected chi connectivity index (χ3v) is 6.32. The van der Waals surface area contributed by atoms with Crippen LogP contribution in [0.3, 0.4) is 0 Å². The van der Waals surface area contributed by atoms with E-state index >= 15 is 0 Å². The van der Waals surface area contributed by atoms with E-state index < -0.39 is 24.3 Å². The minimum Gasteiger partial charge on any atom is -0.497 e. The zero-order valence-corrected chi connectivity index (χ0v) is 24.8. The standard InChI is InChI=1S/C27H31N3O2.2C2HF3O2/c1-20-18-30(13-12-28-20)19-22-7-4-9-24(15-22)23-8-3-6-21(14-23)17-29-27(31)25-10-5-11-26(16-25)32-2;2*3-2(4,5)1(6)7/h3-11,14-16,20,28H,12-13,17-19H2,1-2H3,(H,29,31);2*(H,6,7). The van der Waals surface area contributed by atoms with E-state index in [-0.39, 0.29) is 5.91 Å². The molecule has 1 aliphatic rings. The van der Waals surface area contributed by atoms with Gasteiger partial charge >= 0.3 is 24.3 Å². The van der Waals surface area contributed by atoms with Crippen LogP contribution >= 0.6 is 0 Å². The van der Waals surface area contributed by atoms with Crippen molar-refractivity contribution in [1.29, 1.82) is 0 Å². The molecule has 0 aliphatic carbocycles. The van der Waals surface area contributed by atoms with Crippen molar-refractivity contribution in [3.05, 3.63) is 89.5 Å². The molecule has 0 saturated carbocycles. The SMILES string of the molecule is COc1cccc(C(=O)NCc2cccc(-c3cccc(CN4CCNC(C)C4)c3)c2)c1.O=C(O)C(F)(F)F.O=C(O)C(F)(F)F. The van der Waals surface area contributed by atoms with Crippen molar-refractivity contribution in [2.45, 2.75) is 38.4 Å². The summed E-state index contributed by atoms with van der Waals surface area (Å²) >= 11 is 0. The van der Waals surface area contributed by atoms with Crippen molar-refractivity contribution in [1.82, 2.24) is 15.5 Å². The number of carboxylic acids is 2. The number of benzene rings is 3. The molecule has 1 atom stereocenters. The first-order chi connectivity index (χ1) is 21.5. The number of hydrogen-bond acceptors (Lipinski definition) is 6. The number of alkyl halides is 6. The van der Waals surface area contributed by atoms with Crippen molar-refractivity contribution in [2.75, 3.05) is 26.7 Å². The fraction of sp³-hybridized carbons (Fsp3) is 0.323. The molecule has 0 aromatic heterocycles. The molecule has 0 radical (unpaired) electrons. The Bertz CT molecular complexity index is 1440. The molecule has 4 rings (SSSR count). The number of nitrogens with one attached hydrogen (secondary N) is 2. The van der Waals surface area contributed by atoms with Gasteiger partial charge in [-0.2, -0.15) is 26.3 Å². The number of carbonyl (C=O) groups is 3. The van der Waals surface area contributed by atoms with Crippen LogP contribution < -0.4 is 15.4 Å². The zero-order valence-electron chi connectivity index (χ0n) is 24.8. The van der Waals surface area contributed by atoms with Gasteiger partial charge in [0.25, 0.3) is 5.91 Å². The number of hydrogen-bond donors (Lipinski definition) is 4. The highest BCUT2D eigenvalue weighted by Crippen LogP contribution is 2.23. The molecular formula is C31H33F6N3O6. The highest BCUT2D eigenvalue weighted by atomic mass is 19.4. The average Bonchev–Trinajstić information content (AvgIpc) is 3.00. The summed E-state index contributed by atoms with van der Waals surface area (Å²) in [5.74, 6) is -4.95. The van der Waals surface area contributed by atoms with Crippen molar-refractivity contribution >= 4 is 17.8 Å². The van der Waals surface area contributed by atoms with Crippen molar-refractivity contribution < 1.29 is 55.7 Å². The van der Waals surface area contributed by atoms with Crippen molar-refractivity contribution in [2.24, 2.45) is 0 Å². The Morgan fingerprint density at radius 2 is 1.39 bits per heavy atom. The molecule has 1 saturated heterocycles. The van der Waals surface area contributed by atoms with E-state index in [9.17, 15) is 31.1 Å². The second kappa shape index (κ2) is 17.2. The summed E-state index contributed by atoms with van der Waals surface area (Å²) in [6.45, 7) is 6.88. The predicted octanol–water partition coefficient (Wildman–Crippen LogP) is 5.35. The molecule has 250 valence electrons. The van der Waals surface area contributed by atoms with Crippen LogP contribution in [0, 0.1) is 0 Å². The second-order valence-corrected chi connectivity index (χ2v) is 10.0. The van der Waals surface area contributed by atoms with Gasteiger partial charge in [-0.25, -0.2) is 9.59 Å². The van der Waals surface area contributed by atoms with E-state index in [0.717, 1.165) is 37.3 Å². The van der Waals surface area contributed by atoms with E-state index in [0.29, 0.717) is 23.9 Å².